The van der Waals surface area contributed by atoms with Crippen LogP contribution in [0.2, 0.25) is 0 Å². The van der Waals surface area contributed by atoms with Crippen molar-refractivity contribution in [2.45, 2.75) is 76.4 Å². The smallest absolute Gasteiger partial charge is 0.353 e. The van der Waals surface area contributed by atoms with Crippen LogP contribution in [0.5, 0.6) is 0 Å². The van der Waals surface area contributed by atoms with Crippen LogP contribution in [0.4, 0.5) is 13.2 Å². The molecular weight excluding hydrogens is 393 g/mol. The fraction of sp³-hybridized carbons (Fsp3) is 0.652. The minimum Gasteiger partial charge on any atom is -0.353 e. The number of carbonyl (C=O) groups excluding carboxylic acids is 2. The Bertz CT molecular complexity index is 770. The number of hydrogen-bond donors (Lipinski definition) is 1. The summed E-state index contributed by atoms with van der Waals surface area (Å²) in [6, 6.07) is 4.75. The highest BCUT2D eigenvalue weighted by Crippen LogP contribution is 2.33. The summed E-state index contributed by atoms with van der Waals surface area (Å²) >= 11 is 0. The van der Waals surface area contributed by atoms with Crippen LogP contribution in [0.25, 0.3) is 0 Å². The summed E-state index contributed by atoms with van der Waals surface area (Å²) in [5.41, 5.74) is -0.855. The highest BCUT2D eigenvalue weighted by molar-refractivity contribution is 5.89. The van der Waals surface area contributed by atoms with Gasteiger partial charge in [0.15, 0.2) is 0 Å². The maximum absolute atomic E-state index is 13.0. The van der Waals surface area contributed by atoms with Gasteiger partial charge in [-0.05, 0) is 37.3 Å². The van der Waals surface area contributed by atoms with Gasteiger partial charge in [-0.15, -0.1) is 0 Å². The van der Waals surface area contributed by atoms with Gasteiger partial charge in [-0.3, -0.25) is 9.59 Å². The molecule has 1 aromatic carbocycles. The van der Waals surface area contributed by atoms with Crippen LogP contribution in [0.15, 0.2) is 24.3 Å². The normalized spacial score (nSPS) is 21.0. The summed E-state index contributed by atoms with van der Waals surface area (Å²) < 4.78 is 39.1. The first-order chi connectivity index (χ1) is 14.1. The molecule has 0 radical (unpaired) electrons. The third-order valence-electron chi connectivity index (χ3n) is 6.47. The zero-order chi connectivity index (χ0) is 21.9. The summed E-state index contributed by atoms with van der Waals surface area (Å²) in [6.07, 6.45) is 2.11. The van der Waals surface area contributed by atoms with E-state index in [1.54, 1.807) is 11.0 Å². The summed E-state index contributed by atoms with van der Waals surface area (Å²) in [4.78, 5) is 27.5. The van der Waals surface area contributed by atoms with Crippen molar-refractivity contribution < 1.29 is 22.8 Å². The van der Waals surface area contributed by atoms with Crippen LogP contribution in [-0.2, 0) is 21.2 Å². The van der Waals surface area contributed by atoms with E-state index < -0.39 is 23.2 Å². The van der Waals surface area contributed by atoms with E-state index in [-0.39, 0.29) is 24.3 Å². The average Bonchev–Trinajstić information content (AvgIpc) is 3.21. The molecule has 30 heavy (non-hydrogen) atoms. The van der Waals surface area contributed by atoms with Crippen molar-refractivity contribution >= 4 is 11.8 Å². The molecule has 2 amide bonds. The van der Waals surface area contributed by atoms with Crippen molar-refractivity contribution in [3.63, 3.8) is 0 Å². The van der Waals surface area contributed by atoms with Gasteiger partial charge >= 0.3 is 6.18 Å². The van der Waals surface area contributed by atoms with Crippen LogP contribution < -0.4 is 5.32 Å². The van der Waals surface area contributed by atoms with E-state index in [1.807, 2.05) is 13.8 Å². The minimum atomic E-state index is -4.40. The second-order valence-corrected chi connectivity index (χ2v) is 9.20. The van der Waals surface area contributed by atoms with Gasteiger partial charge in [-0.25, -0.2) is 0 Å². The molecule has 1 saturated heterocycles. The Morgan fingerprint density at radius 1 is 1.03 bits per heavy atom. The van der Waals surface area contributed by atoms with Gasteiger partial charge in [0.25, 0.3) is 0 Å². The Morgan fingerprint density at radius 2 is 1.70 bits per heavy atom. The molecule has 7 heteroatoms. The van der Waals surface area contributed by atoms with Crippen molar-refractivity contribution in [3.8, 4) is 0 Å². The average molecular weight is 425 g/mol. The van der Waals surface area contributed by atoms with E-state index in [0.717, 1.165) is 50.7 Å². The van der Waals surface area contributed by atoms with Gasteiger partial charge in [0.2, 0.25) is 11.8 Å². The lowest BCUT2D eigenvalue weighted by atomic mass is 9.83. The van der Waals surface area contributed by atoms with Crippen molar-refractivity contribution in [1.82, 2.24) is 10.2 Å². The SMILES string of the molecule is CC(C)(CNC(=O)C1CCCN1C(=O)C1CCCCC1)c1cccc(C(F)(F)F)c1. The Kier molecular flexibility index (Phi) is 6.78. The molecule has 2 aliphatic rings. The fourth-order valence-electron chi connectivity index (χ4n) is 4.53. The first kappa shape index (κ1) is 22.6. The number of amides is 2. The molecule has 0 aromatic heterocycles. The van der Waals surface area contributed by atoms with Gasteiger partial charge < -0.3 is 10.2 Å². The lowest BCUT2D eigenvalue weighted by molar-refractivity contribution is -0.142. The van der Waals surface area contributed by atoms with Crippen LogP contribution >= 0.6 is 0 Å². The Morgan fingerprint density at radius 3 is 2.37 bits per heavy atom. The lowest BCUT2D eigenvalue weighted by Gasteiger charge is -2.31. The first-order valence-corrected chi connectivity index (χ1v) is 10.9. The number of halogens is 3. The van der Waals surface area contributed by atoms with Crippen molar-refractivity contribution in [1.29, 1.82) is 0 Å². The molecule has 4 nitrogen and oxygen atoms in total. The number of likely N-dealkylation sites (tertiary alicyclic amines) is 1. The summed E-state index contributed by atoms with van der Waals surface area (Å²) in [7, 11) is 0. The number of nitrogens with one attached hydrogen (secondary N) is 1. The van der Waals surface area contributed by atoms with Gasteiger partial charge in [-0.1, -0.05) is 51.3 Å². The third-order valence-corrected chi connectivity index (χ3v) is 6.47. The molecule has 1 atom stereocenters. The Balaban J connectivity index is 1.63. The quantitative estimate of drug-likeness (QED) is 0.747. The number of alkyl halides is 3. The number of hydrogen-bond acceptors (Lipinski definition) is 2. The maximum Gasteiger partial charge on any atom is 0.416 e. The van der Waals surface area contributed by atoms with Crippen molar-refractivity contribution in [2.75, 3.05) is 13.1 Å². The third kappa shape index (κ3) is 5.16. The van der Waals surface area contributed by atoms with Gasteiger partial charge in [0.1, 0.15) is 6.04 Å². The Labute approximate surface area is 176 Å². The highest BCUT2D eigenvalue weighted by atomic mass is 19.4. The topological polar surface area (TPSA) is 49.4 Å². The lowest BCUT2D eigenvalue weighted by Crippen LogP contribution is -2.50. The number of carbonyl (C=O) groups is 2. The summed E-state index contributed by atoms with van der Waals surface area (Å²) in [6.45, 7) is 4.42. The number of benzene rings is 1. The second kappa shape index (κ2) is 8.98. The van der Waals surface area contributed by atoms with Crippen LogP contribution in [-0.4, -0.2) is 35.8 Å². The van der Waals surface area contributed by atoms with E-state index >= 15 is 0 Å². The van der Waals surface area contributed by atoms with Gasteiger partial charge in [0.05, 0.1) is 5.56 Å². The molecule has 1 unspecified atom stereocenters. The number of nitrogens with zero attached hydrogens (tertiary/aromatic N) is 1. The van der Waals surface area contributed by atoms with Gasteiger partial charge in [0, 0.05) is 24.4 Å². The largest absolute Gasteiger partial charge is 0.416 e. The minimum absolute atomic E-state index is 0.0219. The van der Waals surface area contributed by atoms with E-state index in [2.05, 4.69) is 5.32 Å². The second-order valence-electron chi connectivity index (χ2n) is 9.20. The van der Waals surface area contributed by atoms with Crippen molar-refractivity contribution in [3.05, 3.63) is 35.4 Å². The Hall–Kier alpha value is -2.05. The zero-order valence-corrected chi connectivity index (χ0v) is 17.7. The van der Waals surface area contributed by atoms with E-state index in [0.29, 0.717) is 18.5 Å². The zero-order valence-electron chi connectivity index (χ0n) is 17.7. The molecule has 1 heterocycles. The molecule has 166 valence electrons. The predicted molar refractivity (Wildman–Crippen MR) is 109 cm³/mol. The number of rotatable bonds is 5. The van der Waals surface area contributed by atoms with Gasteiger partial charge in [-0.2, -0.15) is 13.2 Å². The summed E-state index contributed by atoms with van der Waals surface area (Å²) in [5, 5.41) is 2.90. The van der Waals surface area contributed by atoms with Crippen LogP contribution in [0, 0.1) is 5.92 Å². The molecule has 2 fully saturated rings. The molecule has 0 spiro atoms. The van der Waals surface area contributed by atoms with E-state index in [1.165, 1.54) is 6.07 Å². The summed E-state index contributed by atoms with van der Waals surface area (Å²) in [5.74, 6) is -0.102. The fourth-order valence-corrected chi connectivity index (χ4v) is 4.53. The molecular formula is C23H31F3N2O2. The predicted octanol–water partition coefficient (Wildman–Crippen LogP) is 4.67. The molecule has 3 rings (SSSR count). The molecule has 1 saturated carbocycles. The molecule has 1 N–H and O–H groups in total. The van der Waals surface area contributed by atoms with E-state index in [9.17, 15) is 22.8 Å². The molecule has 0 bridgehead atoms. The monoisotopic (exact) mass is 424 g/mol. The first-order valence-electron chi connectivity index (χ1n) is 10.9. The highest BCUT2D eigenvalue weighted by Gasteiger charge is 2.38. The van der Waals surface area contributed by atoms with Crippen LogP contribution in [0.3, 0.4) is 0 Å². The van der Waals surface area contributed by atoms with Crippen LogP contribution in [0.1, 0.15) is 69.9 Å². The van der Waals surface area contributed by atoms with E-state index in [4.69, 9.17) is 0 Å². The standard InChI is InChI=1S/C23H31F3N2O2/c1-22(2,17-10-6-11-18(14-17)23(24,25)26)15-27-20(29)19-12-7-13-28(19)21(30)16-8-4-3-5-9-16/h6,10-11,14,16,19H,3-5,7-9,12-13,15H2,1-2H3,(H,27,29). The van der Waals surface area contributed by atoms with Crippen molar-refractivity contribution in [2.24, 2.45) is 5.92 Å². The molecule has 1 aliphatic carbocycles. The molecule has 1 aliphatic heterocycles. The maximum atomic E-state index is 13.0. The molecule has 1 aromatic rings.